The zero-order chi connectivity index (χ0) is 12.6. The summed E-state index contributed by atoms with van der Waals surface area (Å²) in [5.41, 5.74) is 3.42. The lowest BCUT2D eigenvalue weighted by molar-refractivity contribution is -0.118. The van der Waals surface area contributed by atoms with Crippen molar-refractivity contribution in [2.24, 2.45) is 11.8 Å². The second-order valence-corrected chi connectivity index (χ2v) is 5.37. The normalized spacial score (nSPS) is 20.3. The van der Waals surface area contributed by atoms with E-state index in [4.69, 9.17) is 0 Å². The third-order valence-electron chi connectivity index (χ3n) is 3.84. The van der Waals surface area contributed by atoms with Crippen molar-refractivity contribution in [1.29, 1.82) is 0 Å². The van der Waals surface area contributed by atoms with E-state index in [-0.39, 0.29) is 11.8 Å². The van der Waals surface area contributed by atoms with Gasteiger partial charge in [-0.1, -0.05) is 44.9 Å². The van der Waals surface area contributed by atoms with E-state index in [9.17, 15) is 4.79 Å². The van der Waals surface area contributed by atoms with E-state index >= 15 is 0 Å². The van der Waals surface area contributed by atoms with Crippen molar-refractivity contribution in [3.63, 3.8) is 0 Å². The molecule has 0 spiro atoms. The summed E-state index contributed by atoms with van der Waals surface area (Å²) in [7, 11) is 0. The third-order valence-corrected chi connectivity index (χ3v) is 3.84. The molecule has 0 fully saturated rings. The standard InChI is InChI=1S/C15H21NO/c1-5-11(9(2)3)14-12-8-10(4)6-7-13(12)16-15(14)17/h6-9,11,14H,5H2,1-4H3,(H,16,17). The van der Waals surface area contributed by atoms with E-state index in [1.165, 1.54) is 11.1 Å². The van der Waals surface area contributed by atoms with Gasteiger partial charge in [0.25, 0.3) is 0 Å². The number of aryl methyl sites for hydroxylation is 1. The summed E-state index contributed by atoms with van der Waals surface area (Å²) in [6, 6.07) is 6.23. The van der Waals surface area contributed by atoms with Gasteiger partial charge in [-0.2, -0.15) is 0 Å². The van der Waals surface area contributed by atoms with Gasteiger partial charge in [0.1, 0.15) is 0 Å². The van der Waals surface area contributed by atoms with Crippen molar-refractivity contribution >= 4 is 11.6 Å². The molecule has 2 rings (SSSR count). The van der Waals surface area contributed by atoms with E-state index in [0.717, 1.165) is 12.1 Å². The summed E-state index contributed by atoms with van der Waals surface area (Å²) in [6.07, 6.45) is 1.04. The monoisotopic (exact) mass is 231 g/mol. The summed E-state index contributed by atoms with van der Waals surface area (Å²) in [5.74, 6) is 1.17. The SMILES string of the molecule is CCC(C(C)C)C1C(=O)Nc2ccc(C)cc21. The van der Waals surface area contributed by atoms with Gasteiger partial charge < -0.3 is 5.32 Å². The molecule has 1 N–H and O–H groups in total. The first kappa shape index (κ1) is 12.2. The van der Waals surface area contributed by atoms with E-state index in [1.54, 1.807) is 0 Å². The summed E-state index contributed by atoms with van der Waals surface area (Å²) in [6.45, 7) is 8.66. The summed E-state index contributed by atoms with van der Waals surface area (Å²) in [5, 5.41) is 3.01. The number of hydrogen-bond donors (Lipinski definition) is 1. The maximum Gasteiger partial charge on any atom is 0.232 e. The molecule has 1 aliphatic heterocycles. The minimum atomic E-state index is 0.0369. The smallest absolute Gasteiger partial charge is 0.232 e. The Kier molecular flexibility index (Phi) is 3.23. The van der Waals surface area contributed by atoms with Crippen LogP contribution in [-0.4, -0.2) is 5.91 Å². The summed E-state index contributed by atoms with van der Waals surface area (Å²) >= 11 is 0. The fourth-order valence-electron chi connectivity index (χ4n) is 2.92. The molecule has 0 bridgehead atoms. The van der Waals surface area contributed by atoms with Gasteiger partial charge >= 0.3 is 0 Å². The number of carbonyl (C=O) groups is 1. The lowest BCUT2D eigenvalue weighted by Crippen LogP contribution is -2.24. The highest BCUT2D eigenvalue weighted by molar-refractivity contribution is 6.03. The lowest BCUT2D eigenvalue weighted by atomic mass is 9.78. The van der Waals surface area contributed by atoms with Crippen molar-refractivity contribution in [1.82, 2.24) is 0 Å². The van der Waals surface area contributed by atoms with Crippen LogP contribution in [0.1, 0.15) is 44.2 Å². The number of benzene rings is 1. The Bertz CT molecular complexity index is 437. The first-order valence-electron chi connectivity index (χ1n) is 6.46. The molecule has 1 heterocycles. The first-order chi connectivity index (χ1) is 8.04. The first-order valence-corrected chi connectivity index (χ1v) is 6.46. The molecule has 1 aliphatic rings. The fourth-order valence-corrected chi connectivity index (χ4v) is 2.92. The van der Waals surface area contributed by atoms with Gasteiger partial charge in [-0.15, -0.1) is 0 Å². The van der Waals surface area contributed by atoms with Crippen LogP contribution in [0.15, 0.2) is 18.2 Å². The Morgan fingerprint density at radius 2 is 2.06 bits per heavy atom. The molecule has 17 heavy (non-hydrogen) atoms. The zero-order valence-corrected chi connectivity index (χ0v) is 11.1. The minimum absolute atomic E-state index is 0.0369. The van der Waals surface area contributed by atoms with Crippen LogP contribution >= 0.6 is 0 Å². The second kappa shape index (κ2) is 4.52. The molecule has 1 amide bonds. The molecule has 2 unspecified atom stereocenters. The van der Waals surface area contributed by atoms with Crippen molar-refractivity contribution in [3.8, 4) is 0 Å². The van der Waals surface area contributed by atoms with Gasteiger partial charge in [0.15, 0.2) is 0 Å². The molecule has 92 valence electrons. The number of carbonyl (C=O) groups excluding carboxylic acids is 1. The second-order valence-electron chi connectivity index (χ2n) is 5.37. The zero-order valence-electron chi connectivity index (χ0n) is 11.1. The van der Waals surface area contributed by atoms with E-state index < -0.39 is 0 Å². The largest absolute Gasteiger partial charge is 0.325 e. The van der Waals surface area contributed by atoms with Crippen LogP contribution in [0.3, 0.4) is 0 Å². The van der Waals surface area contributed by atoms with Crippen LogP contribution in [0, 0.1) is 18.8 Å². The summed E-state index contributed by atoms with van der Waals surface area (Å²) in [4.78, 5) is 12.1. The molecule has 1 aromatic rings. The molecule has 0 aliphatic carbocycles. The Labute approximate surface area is 103 Å². The predicted octanol–water partition coefficient (Wildman–Crippen LogP) is 3.71. The Balaban J connectivity index is 2.42. The van der Waals surface area contributed by atoms with Crippen LogP contribution in [0.25, 0.3) is 0 Å². The van der Waals surface area contributed by atoms with Gasteiger partial charge in [0.05, 0.1) is 5.92 Å². The number of anilines is 1. The quantitative estimate of drug-likeness (QED) is 0.844. The van der Waals surface area contributed by atoms with Crippen LogP contribution < -0.4 is 5.32 Å². The highest BCUT2D eigenvalue weighted by Crippen LogP contribution is 2.41. The van der Waals surface area contributed by atoms with E-state index in [1.807, 2.05) is 6.07 Å². The molecule has 2 heteroatoms. The predicted molar refractivity (Wildman–Crippen MR) is 71.2 cm³/mol. The molecule has 1 aromatic carbocycles. The fraction of sp³-hybridized carbons (Fsp3) is 0.533. The number of rotatable bonds is 3. The number of hydrogen-bond acceptors (Lipinski definition) is 1. The van der Waals surface area contributed by atoms with Gasteiger partial charge in [-0.05, 0) is 30.4 Å². The van der Waals surface area contributed by atoms with Crippen LogP contribution in [0.5, 0.6) is 0 Å². The van der Waals surface area contributed by atoms with Crippen molar-refractivity contribution < 1.29 is 4.79 Å². The van der Waals surface area contributed by atoms with Crippen LogP contribution in [-0.2, 0) is 4.79 Å². The van der Waals surface area contributed by atoms with Gasteiger partial charge in [0.2, 0.25) is 5.91 Å². The van der Waals surface area contributed by atoms with E-state index in [0.29, 0.717) is 11.8 Å². The minimum Gasteiger partial charge on any atom is -0.325 e. The van der Waals surface area contributed by atoms with Gasteiger partial charge in [0, 0.05) is 5.69 Å². The Morgan fingerprint density at radius 3 is 2.65 bits per heavy atom. The number of amides is 1. The average molecular weight is 231 g/mol. The van der Waals surface area contributed by atoms with Crippen LogP contribution in [0.4, 0.5) is 5.69 Å². The Hall–Kier alpha value is -1.31. The Morgan fingerprint density at radius 1 is 1.35 bits per heavy atom. The maximum atomic E-state index is 12.1. The molecular weight excluding hydrogens is 210 g/mol. The topological polar surface area (TPSA) is 29.1 Å². The molecule has 0 aromatic heterocycles. The van der Waals surface area contributed by atoms with Gasteiger partial charge in [-0.25, -0.2) is 0 Å². The highest BCUT2D eigenvalue weighted by atomic mass is 16.2. The van der Waals surface area contributed by atoms with Crippen molar-refractivity contribution in [2.75, 3.05) is 5.32 Å². The number of nitrogens with one attached hydrogen (secondary N) is 1. The molecular formula is C15H21NO. The molecule has 0 saturated carbocycles. The lowest BCUT2D eigenvalue weighted by Gasteiger charge is -2.24. The molecule has 0 radical (unpaired) electrons. The highest BCUT2D eigenvalue weighted by Gasteiger charge is 2.37. The molecule has 2 nitrogen and oxygen atoms in total. The molecule has 2 atom stereocenters. The third kappa shape index (κ3) is 2.08. The van der Waals surface area contributed by atoms with Crippen molar-refractivity contribution in [3.05, 3.63) is 29.3 Å². The van der Waals surface area contributed by atoms with Crippen LogP contribution in [0.2, 0.25) is 0 Å². The summed E-state index contributed by atoms with van der Waals surface area (Å²) < 4.78 is 0. The number of fused-ring (bicyclic) bond motifs is 1. The average Bonchev–Trinajstić information content (AvgIpc) is 2.56. The van der Waals surface area contributed by atoms with Gasteiger partial charge in [-0.3, -0.25) is 4.79 Å². The maximum absolute atomic E-state index is 12.1. The van der Waals surface area contributed by atoms with E-state index in [2.05, 4.69) is 45.1 Å². The molecule has 0 saturated heterocycles. The van der Waals surface area contributed by atoms with Crippen molar-refractivity contribution in [2.45, 2.75) is 40.0 Å².